The number of nitrogens with two attached hydrogens (primary N) is 1. The first-order chi connectivity index (χ1) is 9.16. The van der Waals surface area contributed by atoms with E-state index in [4.69, 9.17) is 5.73 Å². The molecule has 1 unspecified atom stereocenters. The molecule has 0 bridgehead atoms. The third-order valence-electron chi connectivity index (χ3n) is 3.22. The molecule has 104 valence electrons. The molecule has 0 amide bonds. The minimum atomic E-state index is -0.585. The van der Waals surface area contributed by atoms with Gasteiger partial charge in [0.1, 0.15) is 0 Å². The van der Waals surface area contributed by atoms with E-state index in [1.54, 1.807) is 0 Å². The molecule has 0 aliphatic carbocycles. The van der Waals surface area contributed by atoms with Crippen molar-refractivity contribution in [3.05, 3.63) is 35.4 Å². The average Bonchev–Trinajstić information content (AvgIpc) is 2.46. The van der Waals surface area contributed by atoms with Crippen LogP contribution in [0.25, 0.3) is 0 Å². The van der Waals surface area contributed by atoms with Crippen molar-refractivity contribution in [2.75, 3.05) is 31.1 Å². The number of guanidine groups is 1. The van der Waals surface area contributed by atoms with Gasteiger partial charge in [-0.15, -0.1) is 0 Å². The third-order valence-corrected chi connectivity index (χ3v) is 4.17. The number of hydrogen-bond acceptors (Lipinski definition) is 3. The Morgan fingerprint density at radius 3 is 2.63 bits per heavy atom. The van der Waals surface area contributed by atoms with Crippen molar-refractivity contribution in [3.8, 4) is 0 Å². The molecule has 1 aromatic rings. The minimum Gasteiger partial charge on any atom is -0.386 e. The number of nitrogens with zero attached hydrogens (tertiary/aromatic N) is 2. The average molecular weight is 279 g/mol. The molecular formula is C14H21N3OS. The van der Waals surface area contributed by atoms with E-state index in [0.717, 1.165) is 30.2 Å². The molecule has 19 heavy (non-hydrogen) atoms. The van der Waals surface area contributed by atoms with Gasteiger partial charge in [-0.05, 0) is 12.5 Å². The lowest BCUT2D eigenvalue weighted by molar-refractivity contribution is 0.186. The van der Waals surface area contributed by atoms with Crippen LogP contribution in [0, 0.1) is 6.92 Å². The van der Waals surface area contributed by atoms with Crippen LogP contribution in [0.5, 0.6) is 0 Å². The van der Waals surface area contributed by atoms with E-state index in [2.05, 4.69) is 9.89 Å². The van der Waals surface area contributed by atoms with Crippen molar-refractivity contribution in [2.24, 2.45) is 10.7 Å². The SMILES string of the molecule is Cc1ccc(C(O)CN=C(N)N2CCSCC2)cc1. The van der Waals surface area contributed by atoms with Crippen LogP contribution in [0.2, 0.25) is 0 Å². The molecular weight excluding hydrogens is 258 g/mol. The molecule has 3 N–H and O–H groups in total. The van der Waals surface area contributed by atoms with E-state index in [-0.39, 0.29) is 0 Å². The number of benzene rings is 1. The molecule has 1 aliphatic rings. The van der Waals surface area contributed by atoms with Crippen molar-refractivity contribution in [2.45, 2.75) is 13.0 Å². The van der Waals surface area contributed by atoms with Crippen LogP contribution in [0.4, 0.5) is 0 Å². The molecule has 1 aromatic carbocycles. The molecule has 0 spiro atoms. The normalized spacial score (nSPS) is 18.4. The summed E-state index contributed by atoms with van der Waals surface area (Å²) >= 11 is 1.94. The van der Waals surface area contributed by atoms with Crippen LogP contribution in [-0.4, -0.2) is 47.1 Å². The zero-order valence-corrected chi connectivity index (χ0v) is 12.1. The third kappa shape index (κ3) is 4.14. The zero-order chi connectivity index (χ0) is 13.7. The van der Waals surface area contributed by atoms with Crippen LogP contribution >= 0.6 is 11.8 Å². The van der Waals surface area contributed by atoms with E-state index in [1.807, 2.05) is 43.0 Å². The second-order valence-electron chi connectivity index (χ2n) is 4.72. The summed E-state index contributed by atoms with van der Waals surface area (Å²) in [5.41, 5.74) is 8.02. The van der Waals surface area contributed by atoms with Crippen molar-refractivity contribution < 1.29 is 5.11 Å². The van der Waals surface area contributed by atoms with Gasteiger partial charge in [-0.2, -0.15) is 11.8 Å². The number of rotatable bonds is 3. The first-order valence-corrected chi connectivity index (χ1v) is 7.69. The Labute approximate surface area is 118 Å². The second kappa shape index (κ2) is 6.82. The molecule has 2 rings (SSSR count). The summed E-state index contributed by atoms with van der Waals surface area (Å²) in [5.74, 6) is 2.74. The maximum atomic E-state index is 10.1. The second-order valence-corrected chi connectivity index (χ2v) is 5.95. The fourth-order valence-corrected chi connectivity index (χ4v) is 2.87. The van der Waals surface area contributed by atoms with E-state index < -0.39 is 6.10 Å². The van der Waals surface area contributed by atoms with Gasteiger partial charge in [-0.1, -0.05) is 29.8 Å². The van der Waals surface area contributed by atoms with Crippen LogP contribution in [0.1, 0.15) is 17.2 Å². The molecule has 0 aromatic heterocycles. The number of thioether (sulfide) groups is 1. The molecule has 4 nitrogen and oxygen atoms in total. The van der Waals surface area contributed by atoms with E-state index >= 15 is 0 Å². The van der Waals surface area contributed by atoms with Gasteiger partial charge >= 0.3 is 0 Å². The summed E-state index contributed by atoms with van der Waals surface area (Å²) in [6.07, 6.45) is -0.585. The molecule has 1 aliphatic heterocycles. The number of aliphatic imine (C=N–C) groups is 1. The quantitative estimate of drug-likeness (QED) is 0.648. The predicted octanol–water partition coefficient (Wildman–Crippen LogP) is 1.39. The maximum Gasteiger partial charge on any atom is 0.191 e. The summed E-state index contributed by atoms with van der Waals surface area (Å²) in [5, 5.41) is 10.1. The zero-order valence-electron chi connectivity index (χ0n) is 11.2. The first-order valence-electron chi connectivity index (χ1n) is 6.54. The van der Waals surface area contributed by atoms with E-state index in [1.165, 1.54) is 5.56 Å². The smallest absolute Gasteiger partial charge is 0.191 e. The molecule has 5 heteroatoms. The number of aryl methyl sites for hydroxylation is 1. The Kier molecular flexibility index (Phi) is 5.10. The number of aliphatic hydroxyl groups excluding tert-OH is 1. The largest absolute Gasteiger partial charge is 0.386 e. The van der Waals surface area contributed by atoms with Gasteiger partial charge in [0.25, 0.3) is 0 Å². The van der Waals surface area contributed by atoms with Gasteiger partial charge in [0, 0.05) is 24.6 Å². The summed E-state index contributed by atoms with van der Waals surface area (Å²) < 4.78 is 0. The summed E-state index contributed by atoms with van der Waals surface area (Å²) in [4.78, 5) is 6.39. The van der Waals surface area contributed by atoms with Crippen molar-refractivity contribution in [1.29, 1.82) is 0 Å². The lowest BCUT2D eigenvalue weighted by atomic mass is 10.1. The Morgan fingerprint density at radius 1 is 1.37 bits per heavy atom. The van der Waals surface area contributed by atoms with Crippen molar-refractivity contribution in [1.82, 2.24) is 4.90 Å². The topological polar surface area (TPSA) is 61.9 Å². The van der Waals surface area contributed by atoms with Crippen LogP contribution < -0.4 is 5.73 Å². The molecule has 1 heterocycles. The lowest BCUT2D eigenvalue weighted by Crippen LogP contribution is -2.42. The highest BCUT2D eigenvalue weighted by Gasteiger charge is 2.13. The van der Waals surface area contributed by atoms with Crippen LogP contribution in [-0.2, 0) is 0 Å². The lowest BCUT2D eigenvalue weighted by Gasteiger charge is -2.27. The molecule has 1 fully saturated rings. The first kappa shape index (κ1) is 14.2. The number of hydrogen-bond donors (Lipinski definition) is 2. The standard InChI is InChI=1S/C14H21N3OS/c1-11-2-4-12(5-3-11)13(18)10-16-14(15)17-6-8-19-9-7-17/h2-5,13,18H,6-10H2,1H3,(H2,15,16). The fourth-order valence-electron chi connectivity index (χ4n) is 1.97. The van der Waals surface area contributed by atoms with Gasteiger partial charge in [0.2, 0.25) is 0 Å². The van der Waals surface area contributed by atoms with Crippen molar-refractivity contribution >= 4 is 17.7 Å². The van der Waals surface area contributed by atoms with Crippen LogP contribution in [0.15, 0.2) is 29.3 Å². The summed E-state index contributed by atoms with van der Waals surface area (Å²) in [7, 11) is 0. The molecule has 1 atom stereocenters. The Balaban J connectivity index is 1.91. The van der Waals surface area contributed by atoms with Gasteiger partial charge < -0.3 is 15.7 Å². The van der Waals surface area contributed by atoms with Gasteiger partial charge in [0.05, 0.1) is 12.6 Å². The van der Waals surface area contributed by atoms with Gasteiger partial charge in [-0.3, -0.25) is 4.99 Å². The van der Waals surface area contributed by atoms with Crippen LogP contribution in [0.3, 0.4) is 0 Å². The molecule has 0 radical (unpaired) electrons. The minimum absolute atomic E-state index is 0.318. The van der Waals surface area contributed by atoms with E-state index in [9.17, 15) is 5.11 Å². The fraction of sp³-hybridized carbons (Fsp3) is 0.500. The Bertz CT molecular complexity index is 427. The highest BCUT2D eigenvalue weighted by molar-refractivity contribution is 7.99. The van der Waals surface area contributed by atoms with E-state index in [0.29, 0.717) is 12.5 Å². The molecule has 1 saturated heterocycles. The number of aliphatic hydroxyl groups is 1. The highest BCUT2D eigenvalue weighted by Crippen LogP contribution is 2.14. The van der Waals surface area contributed by atoms with Crippen molar-refractivity contribution in [3.63, 3.8) is 0 Å². The van der Waals surface area contributed by atoms with Gasteiger partial charge in [0.15, 0.2) is 5.96 Å². The Hall–Kier alpha value is -1.20. The Morgan fingerprint density at radius 2 is 2.00 bits per heavy atom. The highest BCUT2D eigenvalue weighted by atomic mass is 32.2. The summed E-state index contributed by atoms with van der Waals surface area (Å²) in [6, 6.07) is 7.85. The van der Waals surface area contributed by atoms with Gasteiger partial charge in [-0.25, -0.2) is 0 Å². The monoisotopic (exact) mass is 279 g/mol. The maximum absolute atomic E-state index is 10.1. The summed E-state index contributed by atoms with van der Waals surface area (Å²) in [6.45, 7) is 4.24. The predicted molar refractivity (Wildman–Crippen MR) is 81.5 cm³/mol. The molecule has 0 saturated carbocycles.